The SMILES string of the molecule is C[Si](C)(C)C#[C][Mg][Cl]. The van der Waals surface area contributed by atoms with Crippen molar-refractivity contribution < 1.29 is 0 Å². The van der Waals surface area contributed by atoms with E-state index in [1.54, 1.807) is 0 Å². The summed E-state index contributed by atoms with van der Waals surface area (Å²) in [6.07, 6.45) is 0. The van der Waals surface area contributed by atoms with Crippen LogP contribution < -0.4 is 0 Å². The van der Waals surface area contributed by atoms with Crippen molar-refractivity contribution in [2.24, 2.45) is 0 Å². The molecule has 0 unspecified atom stereocenters. The molecule has 0 aromatic heterocycles. The zero-order valence-corrected chi connectivity index (χ0v) is 8.76. The Bertz CT molecular complexity index is 117. The van der Waals surface area contributed by atoms with Gasteiger partial charge < -0.3 is 9.07 Å². The van der Waals surface area contributed by atoms with Gasteiger partial charge in [0, 0.05) is 0 Å². The van der Waals surface area contributed by atoms with Gasteiger partial charge in [-0.2, -0.15) is 5.54 Å². The minimum absolute atomic E-state index is 0.520. The first-order chi connectivity index (χ1) is 3.56. The van der Waals surface area contributed by atoms with Crippen molar-refractivity contribution in [1.29, 1.82) is 0 Å². The normalized spacial score (nSPS) is 9.00. The van der Waals surface area contributed by atoms with Gasteiger partial charge in [-0.1, -0.05) is 19.6 Å². The Balaban J connectivity index is 3.69. The summed E-state index contributed by atoms with van der Waals surface area (Å²) in [5.41, 5.74) is 3.19. The Morgan fingerprint density at radius 1 is 1.38 bits per heavy atom. The molecular weight excluding hydrogens is 148 g/mol. The van der Waals surface area contributed by atoms with Crippen molar-refractivity contribution in [2.45, 2.75) is 19.6 Å². The summed E-state index contributed by atoms with van der Waals surface area (Å²) in [4.78, 5) is 0. The summed E-state index contributed by atoms with van der Waals surface area (Å²) in [5, 5.41) is 0. The average Bonchev–Trinajstić information content (AvgIpc) is 1.59. The molecule has 0 aromatic carbocycles. The minimum atomic E-state index is -1.09. The Labute approximate surface area is 65.5 Å². The molecule has 0 saturated heterocycles. The van der Waals surface area contributed by atoms with Gasteiger partial charge in [0.1, 0.15) is 8.07 Å². The lowest BCUT2D eigenvalue weighted by atomic mass is 11.4. The fourth-order valence-corrected chi connectivity index (χ4v) is 3.29. The van der Waals surface area contributed by atoms with Gasteiger partial charge in [0.25, 0.3) is 0 Å². The molecule has 0 aliphatic carbocycles. The smallest absolute Gasteiger partial charge is 0.316 e. The third-order valence-electron chi connectivity index (χ3n) is 0.530. The maximum Gasteiger partial charge on any atom is 0.597 e. The Kier molecular flexibility index (Phi) is 4.18. The van der Waals surface area contributed by atoms with Gasteiger partial charge in [-0.15, -0.1) is 0 Å². The largest absolute Gasteiger partial charge is 0.597 e. The highest BCUT2D eigenvalue weighted by molar-refractivity contribution is 6.99. The molecule has 8 heavy (non-hydrogen) atoms. The van der Waals surface area contributed by atoms with E-state index in [0.29, 0.717) is 0 Å². The van der Waals surface area contributed by atoms with Gasteiger partial charge in [-0.05, 0) is 0 Å². The van der Waals surface area contributed by atoms with Crippen molar-refractivity contribution in [3.63, 3.8) is 0 Å². The maximum absolute atomic E-state index is 5.50. The Hall–Kier alpha value is 0.833. The van der Waals surface area contributed by atoms with Crippen molar-refractivity contribution in [1.82, 2.24) is 0 Å². The van der Waals surface area contributed by atoms with Gasteiger partial charge in [-0.25, -0.2) is 4.05 Å². The van der Waals surface area contributed by atoms with Crippen LogP contribution in [0.5, 0.6) is 0 Å². The minimum Gasteiger partial charge on any atom is -0.316 e. The molecule has 0 aromatic rings. The predicted octanol–water partition coefficient (Wildman–Crippen LogP) is 1.68. The molecule has 0 rings (SSSR count). The molecule has 0 aliphatic rings. The van der Waals surface area contributed by atoms with Crippen LogP contribution in [0.2, 0.25) is 19.6 Å². The first kappa shape index (κ1) is 8.83. The monoisotopic (exact) mass is 156 g/mol. The molecule has 0 aliphatic heterocycles. The zero-order valence-electron chi connectivity index (χ0n) is 5.59. The van der Waals surface area contributed by atoms with E-state index in [9.17, 15) is 0 Å². The van der Waals surface area contributed by atoms with E-state index in [-0.39, 0.29) is 0 Å². The average molecular weight is 157 g/mol. The summed E-state index contributed by atoms with van der Waals surface area (Å²) in [6, 6.07) is 0. The van der Waals surface area contributed by atoms with Gasteiger partial charge in [-0.3, -0.25) is 0 Å². The molecule has 42 valence electrons. The second kappa shape index (κ2) is 3.78. The summed E-state index contributed by atoms with van der Waals surface area (Å²) in [6.45, 7) is 6.67. The Morgan fingerprint density at radius 2 is 1.88 bits per heavy atom. The predicted molar refractivity (Wildman–Crippen MR) is 42.7 cm³/mol. The van der Waals surface area contributed by atoms with Gasteiger partial charge in [0.15, 0.2) is 0 Å². The molecule has 0 N–H and O–H groups in total. The van der Waals surface area contributed by atoms with Crippen LogP contribution in [-0.4, -0.2) is 27.3 Å². The molecule has 3 heteroatoms. The zero-order chi connectivity index (χ0) is 6.62. The lowest BCUT2D eigenvalue weighted by Crippen LogP contribution is -2.16. The third kappa shape index (κ3) is 6.83. The molecular formula is C5H9ClMgSi. The van der Waals surface area contributed by atoms with Crippen LogP contribution in [0.15, 0.2) is 0 Å². The van der Waals surface area contributed by atoms with E-state index in [2.05, 4.69) is 29.2 Å². The van der Waals surface area contributed by atoms with E-state index < -0.39 is 27.3 Å². The summed E-state index contributed by atoms with van der Waals surface area (Å²) < 4.78 is 3.00. The molecule has 0 bridgehead atoms. The molecule has 0 amide bonds. The number of halogens is 1. The van der Waals surface area contributed by atoms with Crippen LogP contribution in [0.3, 0.4) is 0 Å². The van der Waals surface area contributed by atoms with Crippen LogP contribution in [0.1, 0.15) is 0 Å². The van der Waals surface area contributed by atoms with Gasteiger partial charge in [0.2, 0.25) is 0 Å². The second-order valence-electron chi connectivity index (χ2n) is 2.69. The van der Waals surface area contributed by atoms with Gasteiger partial charge in [0.05, 0.1) is 0 Å². The Morgan fingerprint density at radius 3 is 2.00 bits per heavy atom. The third-order valence-corrected chi connectivity index (χ3v) is 2.52. The number of hydrogen-bond acceptors (Lipinski definition) is 0. The van der Waals surface area contributed by atoms with Crippen LogP contribution in [-0.2, 0) is 0 Å². The summed E-state index contributed by atoms with van der Waals surface area (Å²) in [5.74, 6) is 0. The fraction of sp³-hybridized carbons (Fsp3) is 0.600. The van der Waals surface area contributed by atoms with Crippen molar-refractivity contribution in [3.8, 4) is 9.59 Å². The van der Waals surface area contributed by atoms with Crippen LogP contribution in [0, 0.1) is 9.59 Å². The van der Waals surface area contributed by atoms with Crippen molar-refractivity contribution in [3.05, 3.63) is 0 Å². The molecule has 0 spiro atoms. The van der Waals surface area contributed by atoms with E-state index >= 15 is 0 Å². The topological polar surface area (TPSA) is 0 Å². The van der Waals surface area contributed by atoms with E-state index in [1.165, 1.54) is 0 Å². The molecule has 0 radical (unpaired) electrons. The molecule has 0 fully saturated rings. The highest BCUT2D eigenvalue weighted by atomic mass is 35.5. The first-order valence-corrected chi connectivity index (χ1v) is 8.97. The number of hydrogen-bond donors (Lipinski definition) is 0. The number of rotatable bonds is 0. The highest BCUT2D eigenvalue weighted by Crippen LogP contribution is 1.95. The lowest BCUT2D eigenvalue weighted by molar-refractivity contribution is 1.82. The van der Waals surface area contributed by atoms with E-state index in [4.69, 9.17) is 9.07 Å². The molecule has 0 saturated carbocycles. The highest BCUT2D eigenvalue weighted by Gasteiger charge is 2.06. The summed E-state index contributed by atoms with van der Waals surface area (Å²) >= 11 is -0.520. The summed E-state index contributed by atoms with van der Waals surface area (Å²) in [7, 11) is 4.41. The first-order valence-electron chi connectivity index (χ1n) is 2.62. The molecule has 0 nitrogen and oxygen atoms in total. The van der Waals surface area contributed by atoms with Gasteiger partial charge >= 0.3 is 19.3 Å². The van der Waals surface area contributed by atoms with E-state index in [0.717, 1.165) is 0 Å². The van der Waals surface area contributed by atoms with Crippen molar-refractivity contribution >= 4 is 36.4 Å². The fourth-order valence-electron chi connectivity index (χ4n) is 0.299. The van der Waals surface area contributed by atoms with Crippen molar-refractivity contribution in [2.75, 3.05) is 0 Å². The van der Waals surface area contributed by atoms with Crippen LogP contribution in [0.4, 0.5) is 0 Å². The standard InChI is InChI=1S/C5H9Si.ClH.Mg/c1-5-6(2,3)4;;/h2-4H3;1H;/q;;+1/p-1. The van der Waals surface area contributed by atoms with Crippen LogP contribution in [0.25, 0.3) is 0 Å². The van der Waals surface area contributed by atoms with Crippen LogP contribution >= 0.6 is 9.07 Å². The lowest BCUT2D eigenvalue weighted by Gasteiger charge is -2.02. The quantitative estimate of drug-likeness (QED) is 0.370. The van der Waals surface area contributed by atoms with E-state index in [1.807, 2.05) is 0 Å². The molecule has 0 heterocycles. The maximum atomic E-state index is 5.50. The second-order valence-corrected chi connectivity index (χ2v) is 8.86. The molecule has 0 atom stereocenters.